The summed E-state index contributed by atoms with van der Waals surface area (Å²) in [4.78, 5) is 16.4. The molecule has 5 nitrogen and oxygen atoms in total. The van der Waals surface area contributed by atoms with E-state index in [2.05, 4.69) is 46.8 Å². The van der Waals surface area contributed by atoms with Crippen LogP contribution in [0.15, 0.2) is 52.5 Å². The lowest BCUT2D eigenvalue weighted by molar-refractivity contribution is -0.120. The van der Waals surface area contributed by atoms with E-state index in [9.17, 15) is 4.79 Å². The Hall–Kier alpha value is -2.44. The Morgan fingerprint density at radius 3 is 2.79 bits per heavy atom. The molecular weight excluding hydrogens is 322 g/mol. The smallest absolute Gasteiger partial charge is 0.234 e. The van der Waals surface area contributed by atoms with E-state index in [1.54, 1.807) is 23.7 Å². The number of aromatic nitrogens is 1. The summed E-state index contributed by atoms with van der Waals surface area (Å²) in [5, 5.41) is 8.91. The lowest BCUT2D eigenvalue weighted by Gasteiger charge is -2.04. The zero-order chi connectivity index (χ0) is 16.8. The molecule has 2 aromatic heterocycles. The van der Waals surface area contributed by atoms with Crippen molar-refractivity contribution in [2.75, 3.05) is 6.54 Å². The van der Waals surface area contributed by atoms with E-state index >= 15 is 0 Å². The molecule has 0 bridgehead atoms. The number of hydrogen-bond acceptors (Lipinski definition) is 5. The van der Waals surface area contributed by atoms with Gasteiger partial charge in [0.05, 0.1) is 25.0 Å². The van der Waals surface area contributed by atoms with E-state index in [4.69, 9.17) is 4.42 Å². The van der Waals surface area contributed by atoms with Gasteiger partial charge in [0.2, 0.25) is 5.91 Å². The van der Waals surface area contributed by atoms with E-state index in [1.165, 1.54) is 5.56 Å². The van der Waals surface area contributed by atoms with Crippen molar-refractivity contribution in [1.29, 1.82) is 0 Å². The molecule has 1 aromatic carbocycles. The van der Waals surface area contributed by atoms with Crippen LogP contribution in [-0.4, -0.2) is 17.4 Å². The van der Waals surface area contributed by atoms with Crippen molar-refractivity contribution in [3.8, 4) is 10.6 Å². The maximum Gasteiger partial charge on any atom is 0.234 e. The molecule has 3 aromatic rings. The average molecular weight is 341 g/mol. The zero-order valence-corrected chi connectivity index (χ0v) is 14.2. The van der Waals surface area contributed by atoms with Crippen molar-refractivity contribution in [3.63, 3.8) is 0 Å². The van der Waals surface area contributed by atoms with Crippen LogP contribution in [0.5, 0.6) is 0 Å². The fraction of sp³-hybridized carbons (Fsp3) is 0.222. The van der Waals surface area contributed by atoms with E-state index in [0.29, 0.717) is 13.1 Å². The summed E-state index contributed by atoms with van der Waals surface area (Å²) in [7, 11) is 0. The second kappa shape index (κ2) is 7.90. The van der Waals surface area contributed by atoms with Crippen LogP contribution >= 0.6 is 11.3 Å². The molecule has 0 saturated heterocycles. The standard InChI is InChI=1S/C18H19N3O2S/c1-13-4-6-14(7-5-13)18-21-15(12-24-18)9-19-11-17(22)20-10-16-3-2-8-23-16/h2-8,12,19H,9-11H2,1H3,(H,20,22). The molecule has 24 heavy (non-hydrogen) atoms. The van der Waals surface area contributed by atoms with Crippen LogP contribution in [-0.2, 0) is 17.9 Å². The normalized spacial score (nSPS) is 10.7. The van der Waals surface area contributed by atoms with E-state index in [-0.39, 0.29) is 12.5 Å². The van der Waals surface area contributed by atoms with Crippen molar-refractivity contribution < 1.29 is 9.21 Å². The van der Waals surface area contributed by atoms with Gasteiger partial charge in [0.25, 0.3) is 0 Å². The fourth-order valence-corrected chi connectivity index (χ4v) is 3.01. The van der Waals surface area contributed by atoms with Crippen molar-refractivity contribution in [2.24, 2.45) is 0 Å². The monoisotopic (exact) mass is 341 g/mol. The minimum atomic E-state index is -0.0691. The summed E-state index contributed by atoms with van der Waals surface area (Å²) in [5.41, 5.74) is 3.29. The molecule has 2 N–H and O–H groups in total. The Kier molecular flexibility index (Phi) is 5.40. The summed E-state index contributed by atoms with van der Waals surface area (Å²) < 4.78 is 5.17. The summed E-state index contributed by atoms with van der Waals surface area (Å²) in [6.07, 6.45) is 1.59. The van der Waals surface area contributed by atoms with Gasteiger partial charge >= 0.3 is 0 Å². The molecule has 0 aliphatic heterocycles. The number of amides is 1. The Balaban J connectivity index is 1.43. The van der Waals surface area contributed by atoms with Gasteiger partial charge in [-0.2, -0.15) is 0 Å². The number of aryl methyl sites for hydroxylation is 1. The molecule has 3 rings (SSSR count). The quantitative estimate of drug-likeness (QED) is 0.693. The van der Waals surface area contributed by atoms with Crippen molar-refractivity contribution in [2.45, 2.75) is 20.0 Å². The van der Waals surface area contributed by atoms with Crippen LogP contribution < -0.4 is 10.6 Å². The van der Waals surface area contributed by atoms with Crippen LogP contribution in [0, 0.1) is 6.92 Å². The van der Waals surface area contributed by atoms with Crippen molar-refractivity contribution >= 4 is 17.2 Å². The third kappa shape index (κ3) is 4.53. The number of rotatable bonds is 7. The number of hydrogen-bond donors (Lipinski definition) is 2. The lowest BCUT2D eigenvalue weighted by Crippen LogP contribution is -2.33. The Labute approximate surface area is 144 Å². The van der Waals surface area contributed by atoms with E-state index < -0.39 is 0 Å². The number of carbonyl (C=O) groups is 1. The number of nitrogens with zero attached hydrogens (tertiary/aromatic N) is 1. The number of nitrogens with one attached hydrogen (secondary N) is 2. The van der Waals surface area contributed by atoms with Crippen molar-refractivity contribution in [3.05, 3.63) is 65.1 Å². The molecule has 0 spiro atoms. The van der Waals surface area contributed by atoms with Gasteiger partial charge in [-0.15, -0.1) is 11.3 Å². The zero-order valence-electron chi connectivity index (χ0n) is 13.4. The Morgan fingerprint density at radius 2 is 2.04 bits per heavy atom. The SMILES string of the molecule is Cc1ccc(-c2nc(CNCC(=O)NCc3ccco3)cs2)cc1. The fourth-order valence-electron chi connectivity index (χ4n) is 2.18. The average Bonchev–Trinajstić information content (AvgIpc) is 3.25. The highest BCUT2D eigenvalue weighted by atomic mass is 32.1. The molecule has 1 amide bonds. The van der Waals surface area contributed by atoms with Crippen LogP contribution in [0.4, 0.5) is 0 Å². The topological polar surface area (TPSA) is 67.2 Å². The summed E-state index contributed by atoms with van der Waals surface area (Å²) in [6.45, 7) is 3.29. The first-order valence-corrected chi connectivity index (χ1v) is 8.60. The molecule has 6 heteroatoms. The molecule has 0 atom stereocenters. The molecule has 0 aliphatic carbocycles. The molecule has 2 heterocycles. The minimum Gasteiger partial charge on any atom is -0.467 e. The number of benzene rings is 1. The van der Waals surface area contributed by atoms with Crippen molar-refractivity contribution in [1.82, 2.24) is 15.6 Å². The molecular formula is C18H19N3O2S. The Morgan fingerprint density at radius 1 is 1.21 bits per heavy atom. The maximum absolute atomic E-state index is 11.8. The lowest BCUT2D eigenvalue weighted by atomic mass is 10.2. The third-order valence-electron chi connectivity index (χ3n) is 3.48. The van der Waals surface area contributed by atoms with Gasteiger partial charge in [0, 0.05) is 17.5 Å². The summed E-state index contributed by atoms with van der Waals surface area (Å²) in [6, 6.07) is 11.9. The molecule has 0 aliphatic rings. The van der Waals surface area contributed by atoms with E-state index in [0.717, 1.165) is 22.0 Å². The van der Waals surface area contributed by atoms with Crippen LogP contribution in [0.25, 0.3) is 10.6 Å². The second-order valence-corrected chi connectivity index (χ2v) is 6.33. The molecule has 0 fully saturated rings. The van der Waals surface area contributed by atoms with Gasteiger partial charge < -0.3 is 15.1 Å². The predicted octanol–water partition coefficient (Wildman–Crippen LogP) is 3.12. The number of furan rings is 1. The summed E-state index contributed by atoms with van der Waals surface area (Å²) >= 11 is 1.61. The van der Waals surface area contributed by atoms with Crippen LogP contribution in [0.3, 0.4) is 0 Å². The molecule has 0 radical (unpaired) electrons. The van der Waals surface area contributed by atoms with Gasteiger partial charge in [0.1, 0.15) is 10.8 Å². The first-order valence-electron chi connectivity index (χ1n) is 7.72. The second-order valence-electron chi connectivity index (χ2n) is 5.47. The minimum absolute atomic E-state index is 0.0691. The van der Waals surface area contributed by atoms with Gasteiger partial charge in [-0.25, -0.2) is 4.98 Å². The van der Waals surface area contributed by atoms with Gasteiger partial charge in [-0.1, -0.05) is 29.8 Å². The van der Waals surface area contributed by atoms with Gasteiger partial charge in [0.15, 0.2) is 0 Å². The highest BCUT2D eigenvalue weighted by Gasteiger charge is 2.06. The van der Waals surface area contributed by atoms with E-state index in [1.807, 2.05) is 11.4 Å². The highest BCUT2D eigenvalue weighted by Crippen LogP contribution is 2.23. The predicted molar refractivity (Wildman–Crippen MR) is 94.5 cm³/mol. The molecule has 124 valence electrons. The van der Waals surface area contributed by atoms with Crippen LogP contribution in [0.2, 0.25) is 0 Å². The number of carbonyl (C=O) groups excluding carboxylic acids is 1. The maximum atomic E-state index is 11.8. The molecule has 0 saturated carbocycles. The van der Waals surface area contributed by atoms with Gasteiger partial charge in [-0.3, -0.25) is 4.79 Å². The van der Waals surface area contributed by atoms with Crippen LogP contribution in [0.1, 0.15) is 17.0 Å². The third-order valence-corrected chi connectivity index (χ3v) is 4.42. The largest absolute Gasteiger partial charge is 0.467 e. The van der Waals surface area contributed by atoms with Gasteiger partial charge in [-0.05, 0) is 19.1 Å². The number of thiazole rings is 1. The molecule has 0 unspecified atom stereocenters. The summed E-state index contributed by atoms with van der Waals surface area (Å²) in [5.74, 6) is 0.672. The highest BCUT2D eigenvalue weighted by molar-refractivity contribution is 7.13. The first-order chi connectivity index (χ1) is 11.7. The first kappa shape index (κ1) is 16.4. The Bertz CT molecular complexity index is 779.